The highest BCUT2D eigenvalue weighted by Crippen LogP contribution is 2.71. The Hall–Kier alpha value is -2.00. The molecule has 46 heavy (non-hydrogen) atoms. The minimum absolute atomic E-state index is 0.000637. The van der Waals surface area contributed by atoms with E-state index in [1.807, 2.05) is 0 Å². The van der Waals surface area contributed by atoms with Crippen LogP contribution in [0, 0.1) is 35.0 Å². The number of carbonyl (C=O) groups excluding carboxylic acids is 1. The molecule has 6 heteroatoms. The fraction of sp³-hybridized carbons (Fsp3) is 0.625. The minimum Gasteiger partial charge on any atom is -0.462 e. The molecule has 4 aliphatic carbocycles. The van der Waals surface area contributed by atoms with Gasteiger partial charge in [0.2, 0.25) is 0 Å². The molecular formula is C40H56O4Si2. The standard InChI is InChI=1S/C40H56O4Si2/c1-38(2,3)45(7,8)44-34-24-23-33-36-32(37(41)43-33)22-20-27-19-21-31-28(25-40(34,36)35(27)31)26-42-46(39(4,5)6,29-15-11-9-12-16-29)30-17-13-10-14-18-30/h9-19,28,31-36H,20-26H2,1-8H3/t28-,31+,32+,33?,34?,35+,36-,40+/m0/s1. The average Bonchev–Trinajstić information content (AvgIpc) is 3.63. The Kier molecular flexibility index (Phi) is 7.98. The maximum absolute atomic E-state index is 13.5. The van der Waals surface area contributed by atoms with Gasteiger partial charge in [-0.1, -0.05) is 114 Å². The highest BCUT2D eigenvalue weighted by atomic mass is 28.4. The quantitative estimate of drug-likeness (QED) is 0.171. The number of esters is 1. The maximum Gasteiger partial charge on any atom is 0.309 e. The summed E-state index contributed by atoms with van der Waals surface area (Å²) < 4.78 is 21.5. The molecule has 4 fully saturated rings. The predicted molar refractivity (Wildman–Crippen MR) is 191 cm³/mol. The third-order valence-corrected chi connectivity index (χ3v) is 23.0. The molecule has 0 radical (unpaired) electrons. The van der Waals surface area contributed by atoms with Gasteiger partial charge in [0.25, 0.3) is 8.32 Å². The monoisotopic (exact) mass is 656 g/mol. The molecule has 0 amide bonds. The molecule has 0 bridgehead atoms. The van der Waals surface area contributed by atoms with Crippen LogP contribution in [0.3, 0.4) is 0 Å². The van der Waals surface area contributed by atoms with Gasteiger partial charge in [0.05, 0.1) is 12.0 Å². The first-order valence-corrected chi connectivity index (χ1v) is 22.8. The van der Waals surface area contributed by atoms with Gasteiger partial charge in [-0.05, 0) is 89.8 Å². The summed E-state index contributed by atoms with van der Waals surface area (Å²) in [7, 11) is -4.74. The van der Waals surface area contributed by atoms with Crippen molar-refractivity contribution in [2.45, 2.75) is 115 Å². The molecule has 7 rings (SSSR count). The van der Waals surface area contributed by atoms with Crippen LogP contribution < -0.4 is 10.4 Å². The Labute approximate surface area is 279 Å². The van der Waals surface area contributed by atoms with Crippen molar-refractivity contribution in [3.8, 4) is 0 Å². The van der Waals surface area contributed by atoms with Gasteiger partial charge in [0.1, 0.15) is 6.10 Å². The van der Waals surface area contributed by atoms with Crippen molar-refractivity contribution in [2.24, 2.45) is 35.0 Å². The summed E-state index contributed by atoms with van der Waals surface area (Å²) in [6.45, 7) is 19.8. The zero-order valence-electron chi connectivity index (χ0n) is 29.5. The summed E-state index contributed by atoms with van der Waals surface area (Å²) in [4.78, 5) is 13.5. The van der Waals surface area contributed by atoms with Crippen molar-refractivity contribution in [1.29, 1.82) is 0 Å². The molecule has 4 nitrogen and oxygen atoms in total. The van der Waals surface area contributed by atoms with Crippen LogP contribution in [0.25, 0.3) is 0 Å². The van der Waals surface area contributed by atoms with E-state index in [1.165, 1.54) is 10.4 Å². The van der Waals surface area contributed by atoms with Crippen molar-refractivity contribution in [1.82, 2.24) is 0 Å². The number of rotatable bonds is 7. The minimum atomic E-state index is -2.68. The number of hydrogen-bond acceptors (Lipinski definition) is 4. The summed E-state index contributed by atoms with van der Waals surface area (Å²) in [5.74, 6) is 1.72. The van der Waals surface area contributed by atoms with E-state index >= 15 is 0 Å². The van der Waals surface area contributed by atoms with Gasteiger partial charge in [-0.25, -0.2) is 0 Å². The van der Waals surface area contributed by atoms with Crippen molar-refractivity contribution in [3.05, 3.63) is 72.3 Å². The number of allylic oxidation sites excluding steroid dienone is 2. The van der Waals surface area contributed by atoms with Gasteiger partial charge >= 0.3 is 5.97 Å². The van der Waals surface area contributed by atoms with Gasteiger partial charge in [-0.2, -0.15) is 0 Å². The lowest BCUT2D eigenvalue weighted by molar-refractivity contribution is -0.146. The van der Waals surface area contributed by atoms with E-state index in [1.54, 1.807) is 5.57 Å². The molecule has 1 heterocycles. The van der Waals surface area contributed by atoms with Gasteiger partial charge in [0.15, 0.2) is 8.32 Å². The van der Waals surface area contributed by atoms with Crippen LogP contribution in [-0.4, -0.2) is 41.4 Å². The summed E-state index contributed by atoms with van der Waals surface area (Å²) in [6, 6.07) is 22.2. The van der Waals surface area contributed by atoms with Crippen LogP contribution in [-0.2, 0) is 18.4 Å². The normalized spacial score (nSPS) is 34.0. The van der Waals surface area contributed by atoms with E-state index < -0.39 is 16.6 Å². The molecule has 1 spiro atoms. The maximum atomic E-state index is 13.5. The smallest absolute Gasteiger partial charge is 0.309 e. The molecule has 2 aromatic carbocycles. The fourth-order valence-electron chi connectivity index (χ4n) is 10.7. The fourth-order valence-corrected chi connectivity index (χ4v) is 16.7. The van der Waals surface area contributed by atoms with E-state index in [9.17, 15) is 4.79 Å². The average molecular weight is 657 g/mol. The van der Waals surface area contributed by atoms with Gasteiger partial charge in [-0.15, -0.1) is 0 Å². The first-order valence-electron chi connectivity index (χ1n) is 18.0. The summed E-state index contributed by atoms with van der Waals surface area (Å²) >= 11 is 0. The van der Waals surface area contributed by atoms with Gasteiger partial charge in [-0.3, -0.25) is 4.79 Å². The lowest BCUT2D eigenvalue weighted by Gasteiger charge is -2.54. The summed E-state index contributed by atoms with van der Waals surface area (Å²) in [5, 5.41) is 2.76. The van der Waals surface area contributed by atoms with E-state index in [2.05, 4.69) is 121 Å². The first kappa shape index (κ1) is 32.5. The largest absolute Gasteiger partial charge is 0.462 e. The van der Waals surface area contributed by atoms with Crippen LogP contribution in [0.4, 0.5) is 0 Å². The van der Waals surface area contributed by atoms with Crippen LogP contribution in [0.15, 0.2) is 72.3 Å². The summed E-state index contributed by atoms with van der Waals surface area (Å²) in [6.07, 6.45) is 8.87. The molecule has 5 aliphatic rings. The Morgan fingerprint density at radius 1 is 0.870 bits per heavy atom. The second kappa shape index (κ2) is 11.3. The molecular weight excluding hydrogens is 601 g/mol. The van der Waals surface area contributed by atoms with Crippen LogP contribution in [0.5, 0.6) is 0 Å². The number of benzene rings is 2. The van der Waals surface area contributed by atoms with Crippen molar-refractivity contribution >= 4 is 33.0 Å². The van der Waals surface area contributed by atoms with E-state index in [-0.39, 0.29) is 45.5 Å². The second-order valence-electron chi connectivity index (χ2n) is 17.8. The van der Waals surface area contributed by atoms with Gasteiger partial charge < -0.3 is 13.6 Å². The lowest BCUT2D eigenvalue weighted by Crippen LogP contribution is -2.67. The highest BCUT2D eigenvalue weighted by Gasteiger charge is 2.71. The highest BCUT2D eigenvalue weighted by molar-refractivity contribution is 6.99. The van der Waals surface area contributed by atoms with Crippen molar-refractivity contribution in [3.63, 3.8) is 0 Å². The van der Waals surface area contributed by atoms with E-state index in [0.29, 0.717) is 17.8 Å². The van der Waals surface area contributed by atoms with Crippen LogP contribution >= 0.6 is 0 Å². The first-order chi connectivity index (χ1) is 21.7. The number of ether oxygens (including phenoxy) is 1. The van der Waals surface area contributed by atoms with Gasteiger partial charge in [0, 0.05) is 17.9 Å². The number of hydrogen-bond donors (Lipinski definition) is 0. The number of carbonyl (C=O) groups is 1. The molecule has 2 unspecified atom stereocenters. The molecule has 8 atom stereocenters. The Morgan fingerprint density at radius 3 is 2.09 bits per heavy atom. The van der Waals surface area contributed by atoms with Crippen LogP contribution in [0.1, 0.15) is 80.1 Å². The zero-order chi connectivity index (χ0) is 32.7. The predicted octanol–water partition coefficient (Wildman–Crippen LogP) is 8.27. The van der Waals surface area contributed by atoms with Crippen molar-refractivity contribution < 1.29 is 18.4 Å². The van der Waals surface area contributed by atoms with Crippen LogP contribution in [0.2, 0.25) is 23.2 Å². The van der Waals surface area contributed by atoms with Crippen molar-refractivity contribution in [2.75, 3.05) is 6.61 Å². The molecule has 1 saturated heterocycles. The van der Waals surface area contributed by atoms with E-state index in [4.69, 9.17) is 13.6 Å². The SMILES string of the molecule is CC(C)(C)[Si](C)(C)OC1CCC2OC(=O)[C@@H]3CCC4=CC[C@@H]5[C@H](CO[Si](c6ccccc6)(c6ccccc6)C(C)(C)C)C[C@@]1([C@H]45)[C@H]23. The summed E-state index contributed by atoms with van der Waals surface area (Å²) in [5.41, 5.74) is 1.54. The third-order valence-electron chi connectivity index (χ3n) is 13.5. The molecule has 0 N–H and O–H groups in total. The Morgan fingerprint density at radius 2 is 1.50 bits per heavy atom. The molecule has 3 saturated carbocycles. The molecule has 248 valence electrons. The molecule has 2 aromatic rings. The molecule has 1 aliphatic heterocycles. The zero-order valence-corrected chi connectivity index (χ0v) is 31.5. The third kappa shape index (κ3) is 4.82. The second-order valence-corrected chi connectivity index (χ2v) is 26.9. The Balaban J connectivity index is 1.31. The topological polar surface area (TPSA) is 44.8 Å². The molecule has 0 aromatic heterocycles. The van der Waals surface area contributed by atoms with E-state index in [0.717, 1.165) is 45.1 Å². The lowest BCUT2D eigenvalue weighted by atomic mass is 9.55. The Bertz CT molecular complexity index is 1430.